The Morgan fingerprint density at radius 2 is 1.62 bits per heavy atom. The monoisotopic (exact) mass is 457 g/mol. The highest BCUT2D eigenvalue weighted by Crippen LogP contribution is 2.19. The summed E-state index contributed by atoms with van der Waals surface area (Å²) in [6.45, 7) is 7.32. The van der Waals surface area contributed by atoms with Crippen LogP contribution in [0.5, 0.6) is 5.75 Å². The Morgan fingerprint density at radius 1 is 0.882 bits per heavy atom. The predicted octanol–water partition coefficient (Wildman–Crippen LogP) is 4.28. The van der Waals surface area contributed by atoms with Gasteiger partial charge in [-0.2, -0.15) is 0 Å². The van der Waals surface area contributed by atoms with Crippen molar-refractivity contribution in [2.45, 2.75) is 20.5 Å². The fourth-order valence-corrected chi connectivity index (χ4v) is 4.03. The molecule has 3 aromatic carbocycles. The third-order valence-electron chi connectivity index (χ3n) is 6.23. The summed E-state index contributed by atoms with van der Waals surface area (Å²) in [4.78, 5) is 29.5. The van der Waals surface area contributed by atoms with Gasteiger partial charge in [0, 0.05) is 37.4 Å². The summed E-state index contributed by atoms with van der Waals surface area (Å²) in [6, 6.07) is 23.2. The van der Waals surface area contributed by atoms with E-state index in [0.717, 1.165) is 22.4 Å². The van der Waals surface area contributed by atoms with E-state index in [1.54, 1.807) is 6.07 Å². The lowest BCUT2D eigenvalue weighted by atomic mass is 10.1. The van der Waals surface area contributed by atoms with Crippen molar-refractivity contribution in [3.63, 3.8) is 0 Å². The zero-order valence-electron chi connectivity index (χ0n) is 19.8. The maximum absolute atomic E-state index is 13.0. The summed E-state index contributed by atoms with van der Waals surface area (Å²) < 4.78 is 5.87. The molecule has 0 unspecified atom stereocenters. The number of aryl methyl sites for hydroxylation is 1. The molecule has 0 radical (unpaired) electrons. The molecule has 1 fully saturated rings. The number of amides is 2. The predicted molar refractivity (Wildman–Crippen MR) is 134 cm³/mol. The third kappa shape index (κ3) is 6.02. The lowest BCUT2D eigenvalue weighted by Crippen LogP contribution is -2.50. The molecule has 3 aromatic rings. The smallest absolute Gasteiger partial charge is 0.254 e. The van der Waals surface area contributed by atoms with Crippen molar-refractivity contribution in [3.8, 4) is 5.75 Å². The molecule has 1 N–H and O–H groups in total. The van der Waals surface area contributed by atoms with Gasteiger partial charge in [0.25, 0.3) is 5.91 Å². The molecule has 1 aliphatic rings. The van der Waals surface area contributed by atoms with Crippen molar-refractivity contribution in [2.24, 2.45) is 0 Å². The molecule has 0 aromatic heterocycles. The highest BCUT2D eigenvalue weighted by molar-refractivity contribution is 5.95. The van der Waals surface area contributed by atoms with Crippen molar-refractivity contribution in [1.29, 1.82) is 0 Å². The minimum absolute atomic E-state index is 0.00959. The number of hydrogen-bond acceptors (Lipinski definition) is 4. The molecular formula is C28H31N3O3. The van der Waals surface area contributed by atoms with E-state index in [0.29, 0.717) is 50.6 Å². The van der Waals surface area contributed by atoms with Crippen LogP contribution in [0.15, 0.2) is 72.8 Å². The van der Waals surface area contributed by atoms with Crippen molar-refractivity contribution >= 4 is 17.5 Å². The molecule has 4 rings (SSSR count). The van der Waals surface area contributed by atoms with Crippen LogP contribution in [0.2, 0.25) is 0 Å². The van der Waals surface area contributed by atoms with E-state index in [2.05, 4.69) is 10.2 Å². The SMILES string of the molecule is Cc1cccc(NC(=O)CN2CCN(C(=O)c3cccc(OCc4ccccc4)c3)CC2)c1C. The van der Waals surface area contributed by atoms with Crippen LogP contribution in [0.4, 0.5) is 5.69 Å². The average molecular weight is 458 g/mol. The third-order valence-corrected chi connectivity index (χ3v) is 6.23. The van der Waals surface area contributed by atoms with Crippen LogP contribution in [0.1, 0.15) is 27.0 Å². The maximum Gasteiger partial charge on any atom is 0.254 e. The number of anilines is 1. The van der Waals surface area contributed by atoms with E-state index in [9.17, 15) is 9.59 Å². The molecule has 2 amide bonds. The van der Waals surface area contributed by atoms with Crippen LogP contribution < -0.4 is 10.1 Å². The van der Waals surface area contributed by atoms with Crippen LogP contribution in [0.3, 0.4) is 0 Å². The van der Waals surface area contributed by atoms with Crippen LogP contribution >= 0.6 is 0 Å². The summed E-state index contributed by atoms with van der Waals surface area (Å²) in [7, 11) is 0. The second kappa shape index (κ2) is 11.0. The molecule has 0 spiro atoms. The fraction of sp³-hybridized carbons (Fsp3) is 0.286. The Morgan fingerprint density at radius 3 is 2.38 bits per heavy atom. The molecule has 0 atom stereocenters. The van der Waals surface area contributed by atoms with Gasteiger partial charge in [0.05, 0.1) is 6.54 Å². The first-order chi connectivity index (χ1) is 16.5. The molecule has 0 saturated carbocycles. The number of piperazine rings is 1. The van der Waals surface area contributed by atoms with Gasteiger partial charge in [-0.3, -0.25) is 14.5 Å². The molecule has 6 heteroatoms. The first kappa shape index (κ1) is 23.5. The van der Waals surface area contributed by atoms with E-state index in [4.69, 9.17) is 4.74 Å². The quantitative estimate of drug-likeness (QED) is 0.575. The second-order valence-electron chi connectivity index (χ2n) is 8.67. The highest BCUT2D eigenvalue weighted by Gasteiger charge is 2.23. The van der Waals surface area contributed by atoms with E-state index in [1.807, 2.05) is 85.5 Å². The van der Waals surface area contributed by atoms with E-state index < -0.39 is 0 Å². The van der Waals surface area contributed by atoms with Gasteiger partial charge in [0.15, 0.2) is 0 Å². The average Bonchev–Trinajstić information content (AvgIpc) is 2.86. The van der Waals surface area contributed by atoms with Crippen LogP contribution in [0, 0.1) is 13.8 Å². The van der Waals surface area contributed by atoms with Gasteiger partial charge in [-0.05, 0) is 54.8 Å². The molecule has 176 valence electrons. The minimum Gasteiger partial charge on any atom is -0.489 e. The lowest BCUT2D eigenvalue weighted by molar-refractivity contribution is -0.117. The highest BCUT2D eigenvalue weighted by atomic mass is 16.5. The molecular weight excluding hydrogens is 426 g/mol. The maximum atomic E-state index is 13.0. The number of carbonyl (C=O) groups excluding carboxylic acids is 2. The number of nitrogens with zero attached hydrogens (tertiary/aromatic N) is 2. The second-order valence-corrected chi connectivity index (χ2v) is 8.67. The van der Waals surface area contributed by atoms with E-state index in [-0.39, 0.29) is 11.8 Å². The van der Waals surface area contributed by atoms with Crippen molar-refractivity contribution in [2.75, 3.05) is 38.0 Å². The molecule has 1 heterocycles. The largest absolute Gasteiger partial charge is 0.489 e. The van der Waals surface area contributed by atoms with Crippen LogP contribution in [-0.2, 0) is 11.4 Å². The first-order valence-electron chi connectivity index (χ1n) is 11.6. The zero-order chi connectivity index (χ0) is 23.9. The molecule has 0 bridgehead atoms. The number of rotatable bonds is 7. The van der Waals surface area contributed by atoms with E-state index >= 15 is 0 Å². The topological polar surface area (TPSA) is 61.9 Å². The van der Waals surface area contributed by atoms with Crippen molar-refractivity contribution in [1.82, 2.24) is 9.80 Å². The van der Waals surface area contributed by atoms with Gasteiger partial charge in [0.1, 0.15) is 12.4 Å². The standard InChI is InChI=1S/C28H31N3O3/c1-21-8-6-13-26(22(21)2)29-27(32)19-30-14-16-31(17-15-30)28(33)24-11-7-12-25(18-24)34-20-23-9-4-3-5-10-23/h3-13,18H,14-17,19-20H2,1-2H3,(H,29,32). The summed E-state index contributed by atoms with van der Waals surface area (Å²) >= 11 is 0. The van der Waals surface area contributed by atoms with Gasteiger partial charge in [0.2, 0.25) is 5.91 Å². The summed E-state index contributed by atoms with van der Waals surface area (Å²) in [5, 5.41) is 3.01. The minimum atomic E-state index is -0.0308. The number of carbonyl (C=O) groups is 2. The summed E-state index contributed by atoms with van der Waals surface area (Å²) in [6.07, 6.45) is 0. The number of benzene rings is 3. The first-order valence-corrected chi connectivity index (χ1v) is 11.6. The molecule has 0 aliphatic carbocycles. The van der Waals surface area contributed by atoms with E-state index in [1.165, 1.54) is 0 Å². The number of nitrogens with one attached hydrogen (secondary N) is 1. The Kier molecular flexibility index (Phi) is 7.60. The molecule has 6 nitrogen and oxygen atoms in total. The number of ether oxygens (including phenoxy) is 1. The zero-order valence-corrected chi connectivity index (χ0v) is 19.8. The summed E-state index contributed by atoms with van der Waals surface area (Å²) in [5.41, 5.74) is 4.79. The Balaban J connectivity index is 1.27. The van der Waals surface area contributed by atoms with Gasteiger partial charge < -0.3 is 15.0 Å². The normalized spacial score (nSPS) is 14.0. The Hall–Kier alpha value is -3.64. The van der Waals surface area contributed by atoms with Gasteiger partial charge in [-0.1, -0.05) is 48.5 Å². The van der Waals surface area contributed by atoms with Crippen LogP contribution in [0.25, 0.3) is 0 Å². The Bertz CT molecular complexity index is 1140. The Labute approximate surface area is 201 Å². The molecule has 1 aliphatic heterocycles. The fourth-order valence-electron chi connectivity index (χ4n) is 4.03. The summed E-state index contributed by atoms with van der Waals surface area (Å²) in [5.74, 6) is 0.637. The van der Waals surface area contributed by atoms with Crippen LogP contribution in [-0.4, -0.2) is 54.3 Å². The molecule has 1 saturated heterocycles. The lowest BCUT2D eigenvalue weighted by Gasteiger charge is -2.34. The van der Waals surface area contributed by atoms with Gasteiger partial charge >= 0.3 is 0 Å². The van der Waals surface area contributed by atoms with Crippen molar-refractivity contribution < 1.29 is 14.3 Å². The molecule has 34 heavy (non-hydrogen) atoms. The number of hydrogen-bond donors (Lipinski definition) is 1. The van der Waals surface area contributed by atoms with Crippen molar-refractivity contribution in [3.05, 3.63) is 95.1 Å². The van der Waals surface area contributed by atoms with Gasteiger partial charge in [-0.25, -0.2) is 0 Å². The van der Waals surface area contributed by atoms with Gasteiger partial charge in [-0.15, -0.1) is 0 Å².